The summed E-state index contributed by atoms with van der Waals surface area (Å²) < 4.78 is 26.1. The molecular formula is C13H14F2O2. The van der Waals surface area contributed by atoms with Crippen molar-refractivity contribution in [2.24, 2.45) is 5.92 Å². The largest absolute Gasteiger partial charge is 0.393 e. The van der Waals surface area contributed by atoms with Crippen LogP contribution in [0.2, 0.25) is 0 Å². The van der Waals surface area contributed by atoms with E-state index in [4.69, 9.17) is 0 Å². The van der Waals surface area contributed by atoms with Gasteiger partial charge in [-0.25, -0.2) is 8.78 Å². The molecule has 1 N–H and O–H groups in total. The van der Waals surface area contributed by atoms with E-state index in [1.165, 1.54) is 6.07 Å². The maximum atomic E-state index is 13.4. The van der Waals surface area contributed by atoms with Crippen LogP contribution in [0.5, 0.6) is 0 Å². The SMILES string of the molecule is O=C(c1ccc(F)cc1F)C1CCC(O)CC1. The lowest BCUT2D eigenvalue weighted by Gasteiger charge is -2.24. The maximum absolute atomic E-state index is 13.4. The summed E-state index contributed by atoms with van der Waals surface area (Å²) in [6.45, 7) is 0. The summed E-state index contributed by atoms with van der Waals surface area (Å²) >= 11 is 0. The molecule has 0 heterocycles. The molecule has 0 atom stereocenters. The van der Waals surface area contributed by atoms with E-state index in [-0.39, 0.29) is 23.4 Å². The standard InChI is InChI=1S/C13H14F2O2/c14-9-3-6-11(12(15)7-9)13(17)8-1-4-10(16)5-2-8/h3,6-8,10,16H,1-2,4-5H2. The number of aliphatic hydroxyl groups is 1. The molecule has 2 nitrogen and oxygen atoms in total. The molecule has 1 aliphatic carbocycles. The molecular weight excluding hydrogens is 226 g/mol. The molecule has 0 radical (unpaired) electrons. The number of carbonyl (C=O) groups is 1. The topological polar surface area (TPSA) is 37.3 Å². The van der Waals surface area contributed by atoms with Gasteiger partial charge >= 0.3 is 0 Å². The molecule has 0 unspecified atom stereocenters. The Hall–Kier alpha value is -1.29. The smallest absolute Gasteiger partial charge is 0.168 e. The Balaban J connectivity index is 2.14. The van der Waals surface area contributed by atoms with Crippen molar-refractivity contribution in [3.8, 4) is 0 Å². The number of aliphatic hydroxyl groups excluding tert-OH is 1. The Labute approximate surface area is 98.3 Å². The van der Waals surface area contributed by atoms with Crippen LogP contribution in [0.25, 0.3) is 0 Å². The normalized spacial score (nSPS) is 24.6. The van der Waals surface area contributed by atoms with Gasteiger partial charge in [0.25, 0.3) is 0 Å². The highest BCUT2D eigenvalue weighted by Crippen LogP contribution is 2.28. The van der Waals surface area contributed by atoms with Gasteiger partial charge in [-0.1, -0.05) is 0 Å². The van der Waals surface area contributed by atoms with Gasteiger partial charge in [0.1, 0.15) is 11.6 Å². The Bertz CT molecular complexity index is 423. The van der Waals surface area contributed by atoms with Gasteiger partial charge in [-0.05, 0) is 37.8 Å². The molecule has 1 aromatic rings. The van der Waals surface area contributed by atoms with Crippen LogP contribution in [0.15, 0.2) is 18.2 Å². The zero-order valence-electron chi connectivity index (χ0n) is 9.33. The molecule has 0 saturated heterocycles. The van der Waals surface area contributed by atoms with E-state index in [1.807, 2.05) is 0 Å². The fourth-order valence-corrected chi connectivity index (χ4v) is 2.25. The average Bonchev–Trinajstić information content (AvgIpc) is 2.29. The lowest BCUT2D eigenvalue weighted by Crippen LogP contribution is -2.25. The highest BCUT2D eigenvalue weighted by Gasteiger charge is 2.27. The Morgan fingerprint density at radius 2 is 1.82 bits per heavy atom. The molecule has 0 aromatic heterocycles. The van der Waals surface area contributed by atoms with Crippen LogP contribution in [-0.2, 0) is 0 Å². The van der Waals surface area contributed by atoms with Crippen LogP contribution in [0, 0.1) is 17.6 Å². The number of ketones is 1. The van der Waals surface area contributed by atoms with Crippen LogP contribution in [-0.4, -0.2) is 17.0 Å². The molecule has 17 heavy (non-hydrogen) atoms. The molecule has 1 fully saturated rings. The summed E-state index contributed by atoms with van der Waals surface area (Å²) in [4.78, 5) is 12.0. The first-order valence-corrected chi connectivity index (χ1v) is 5.75. The lowest BCUT2D eigenvalue weighted by atomic mass is 9.82. The number of hydrogen-bond donors (Lipinski definition) is 1. The van der Waals surface area contributed by atoms with E-state index in [0.717, 1.165) is 12.1 Å². The van der Waals surface area contributed by atoms with Crippen molar-refractivity contribution in [2.75, 3.05) is 0 Å². The third-order valence-corrected chi connectivity index (χ3v) is 3.26. The van der Waals surface area contributed by atoms with Gasteiger partial charge in [-0.3, -0.25) is 4.79 Å². The van der Waals surface area contributed by atoms with Crippen LogP contribution in [0.4, 0.5) is 8.78 Å². The van der Waals surface area contributed by atoms with E-state index < -0.39 is 11.6 Å². The molecule has 1 aromatic carbocycles. The first kappa shape index (κ1) is 12.2. The predicted octanol–water partition coefficient (Wildman–Crippen LogP) is 2.70. The van der Waals surface area contributed by atoms with Crippen molar-refractivity contribution >= 4 is 5.78 Å². The Morgan fingerprint density at radius 3 is 2.41 bits per heavy atom. The second kappa shape index (κ2) is 4.92. The lowest BCUT2D eigenvalue weighted by molar-refractivity contribution is 0.0761. The molecule has 2 rings (SSSR count). The first-order valence-electron chi connectivity index (χ1n) is 5.75. The second-order valence-corrected chi connectivity index (χ2v) is 4.49. The highest BCUT2D eigenvalue weighted by atomic mass is 19.1. The Morgan fingerprint density at radius 1 is 1.18 bits per heavy atom. The summed E-state index contributed by atoms with van der Waals surface area (Å²) in [6, 6.07) is 3.01. The average molecular weight is 240 g/mol. The summed E-state index contributed by atoms with van der Waals surface area (Å²) in [6.07, 6.45) is 1.92. The molecule has 0 bridgehead atoms. The summed E-state index contributed by atoms with van der Waals surface area (Å²) in [5.74, 6) is -2.02. The van der Waals surface area contributed by atoms with E-state index in [2.05, 4.69) is 0 Å². The Kier molecular flexibility index (Phi) is 3.52. The third-order valence-electron chi connectivity index (χ3n) is 3.26. The fourth-order valence-electron chi connectivity index (χ4n) is 2.25. The zero-order chi connectivity index (χ0) is 12.4. The number of rotatable bonds is 2. The number of hydrogen-bond acceptors (Lipinski definition) is 2. The second-order valence-electron chi connectivity index (χ2n) is 4.49. The van der Waals surface area contributed by atoms with Gasteiger partial charge in [-0.2, -0.15) is 0 Å². The summed E-state index contributed by atoms with van der Waals surface area (Å²) in [5.41, 5.74) is -0.0483. The molecule has 0 aliphatic heterocycles. The van der Waals surface area contributed by atoms with E-state index in [9.17, 15) is 18.7 Å². The zero-order valence-corrected chi connectivity index (χ0v) is 9.33. The van der Waals surface area contributed by atoms with Crippen molar-refractivity contribution in [2.45, 2.75) is 31.8 Å². The minimum atomic E-state index is -0.805. The number of halogens is 2. The van der Waals surface area contributed by atoms with E-state index in [0.29, 0.717) is 25.7 Å². The van der Waals surface area contributed by atoms with Crippen molar-refractivity contribution in [1.29, 1.82) is 0 Å². The predicted molar refractivity (Wildman–Crippen MR) is 58.7 cm³/mol. The molecule has 1 saturated carbocycles. The van der Waals surface area contributed by atoms with Crippen molar-refractivity contribution in [3.05, 3.63) is 35.4 Å². The molecule has 0 amide bonds. The fraction of sp³-hybridized carbons (Fsp3) is 0.462. The quantitative estimate of drug-likeness (QED) is 0.807. The van der Waals surface area contributed by atoms with Crippen LogP contribution in [0.3, 0.4) is 0 Å². The van der Waals surface area contributed by atoms with Crippen LogP contribution >= 0.6 is 0 Å². The highest BCUT2D eigenvalue weighted by molar-refractivity contribution is 5.98. The van der Waals surface area contributed by atoms with Crippen LogP contribution in [0.1, 0.15) is 36.0 Å². The monoisotopic (exact) mass is 240 g/mol. The van der Waals surface area contributed by atoms with Gasteiger partial charge in [0.15, 0.2) is 5.78 Å². The molecule has 92 valence electrons. The van der Waals surface area contributed by atoms with Gasteiger partial charge in [-0.15, -0.1) is 0 Å². The van der Waals surface area contributed by atoms with Gasteiger partial charge in [0.2, 0.25) is 0 Å². The van der Waals surface area contributed by atoms with E-state index in [1.54, 1.807) is 0 Å². The molecule has 1 aliphatic rings. The first-order chi connectivity index (χ1) is 8.08. The van der Waals surface area contributed by atoms with Gasteiger partial charge in [0, 0.05) is 12.0 Å². The number of benzene rings is 1. The summed E-state index contributed by atoms with van der Waals surface area (Å²) in [7, 11) is 0. The third kappa shape index (κ3) is 2.69. The molecule has 0 spiro atoms. The van der Waals surface area contributed by atoms with Gasteiger partial charge in [0.05, 0.1) is 11.7 Å². The molecule has 4 heteroatoms. The van der Waals surface area contributed by atoms with Crippen molar-refractivity contribution < 1.29 is 18.7 Å². The van der Waals surface area contributed by atoms with E-state index >= 15 is 0 Å². The number of carbonyl (C=O) groups excluding carboxylic acids is 1. The van der Waals surface area contributed by atoms with Crippen molar-refractivity contribution in [1.82, 2.24) is 0 Å². The number of Topliss-reactive ketones (excluding diaryl/α,β-unsaturated/α-hetero) is 1. The van der Waals surface area contributed by atoms with Gasteiger partial charge < -0.3 is 5.11 Å². The van der Waals surface area contributed by atoms with Crippen LogP contribution < -0.4 is 0 Å². The van der Waals surface area contributed by atoms with Crippen molar-refractivity contribution in [3.63, 3.8) is 0 Å². The summed E-state index contributed by atoms with van der Waals surface area (Å²) in [5, 5.41) is 9.34. The maximum Gasteiger partial charge on any atom is 0.168 e. The minimum Gasteiger partial charge on any atom is -0.393 e. The minimum absolute atomic E-state index is 0.0483.